The van der Waals surface area contributed by atoms with E-state index in [1.165, 1.54) is 6.92 Å². The third-order valence-electron chi connectivity index (χ3n) is 5.90. The molecule has 2 aliphatic rings. The van der Waals surface area contributed by atoms with Crippen molar-refractivity contribution < 1.29 is 28.5 Å². The van der Waals surface area contributed by atoms with E-state index >= 15 is 0 Å². The Morgan fingerprint density at radius 1 is 0.839 bits per heavy atom. The first kappa shape index (κ1) is 21.7. The zero-order valence-electron chi connectivity index (χ0n) is 17.8. The quantitative estimate of drug-likeness (QED) is 0.575. The molecule has 1 saturated heterocycles. The van der Waals surface area contributed by atoms with Crippen molar-refractivity contribution in [3.63, 3.8) is 0 Å². The number of ketones is 1. The van der Waals surface area contributed by atoms with E-state index in [1.54, 1.807) is 6.92 Å². The van der Waals surface area contributed by atoms with Gasteiger partial charge in [-0.3, -0.25) is 9.59 Å². The standard InChI is InChI=1S/C25H28O6/c1-16(26)21-22-24(21)31-20(15-28-17(2)27)23(29-13-18-9-5-3-6-10-18)25(22)30-14-19-11-7-4-8-12-19/h3-12,20-25H,13-15H2,1-2H3/t20-,21+,22+,23-,24-,25-/m1/s1. The molecule has 2 fully saturated rings. The maximum atomic E-state index is 12.2. The zero-order chi connectivity index (χ0) is 21.8. The Labute approximate surface area is 182 Å². The Balaban J connectivity index is 1.54. The van der Waals surface area contributed by atoms with Crippen LogP contribution in [0.5, 0.6) is 0 Å². The lowest BCUT2D eigenvalue weighted by Gasteiger charge is -2.37. The number of carbonyl (C=O) groups is 2. The van der Waals surface area contributed by atoms with Crippen molar-refractivity contribution in [3.05, 3.63) is 71.8 Å². The van der Waals surface area contributed by atoms with Crippen molar-refractivity contribution in [2.45, 2.75) is 51.5 Å². The van der Waals surface area contributed by atoms with Crippen LogP contribution in [0, 0.1) is 11.8 Å². The van der Waals surface area contributed by atoms with Crippen molar-refractivity contribution in [1.29, 1.82) is 0 Å². The minimum atomic E-state index is -0.501. The highest BCUT2D eigenvalue weighted by atomic mass is 16.6. The first-order valence-electron chi connectivity index (χ1n) is 10.6. The van der Waals surface area contributed by atoms with E-state index in [9.17, 15) is 9.59 Å². The van der Waals surface area contributed by atoms with Gasteiger partial charge in [0.25, 0.3) is 0 Å². The van der Waals surface area contributed by atoms with Crippen LogP contribution < -0.4 is 0 Å². The average molecular weight is 424 g/mol. The van der Waals surface area contributed by atoms with Crippen LogP contribution in [0.15, 0.2) is 60.7 Å². The van der Waals surface area contributed by atoms with Gasteiger partial charge in [-0.05, 0) is 18.1 Å². The Morgan fingerprint density at radius 3 is 1.90 bits per heavy atom. The summed E-state index contributed by atoms with van der Waals surface area (Å²) in [6.45, 7) is 3.79. The van der Waals surface area contributed by atoms with E-state index in [0.29, 0.717) is 13.2 Å². The van der Waals surface area contributed by atoms with Gasteiger partial charge in [0.15, 0.2) is 0 Å². The van der Waals surface area contributed by atoms with Crippen molar-refractivity contribution in [2.75, 3.05) is 6.61 Å². The molecule has 0 bridgehead atoms. The lowest BCUT2D eigenvalue weighted by molar-refractivity contribution is -0.201. The van der Waals surface area contributed by atoms with E-state index in [4.69, 9.17) is 18.9 Å². The maximum Gasteiger partial charge on any atom is 0.302 e. The highest BCUT2D eigenvalue weighted by Gasteiger charge is 2.65. The number of fused-ring (bicyclic) bond motifs is 1. The van der Waals surface area contributed by atoms with E-state index in [0.717, 1.165) is 11.1 Å². The molecule has 0 radical (unpaired) electrons. The summed E-state index contributed by atoms with van der Waals surface area (Å²) in [6.07, 6.45) is -1.53. The van der Waals surface area contributed by atoms with Crippen LogP contribution in [0.3, 0.4) is 0 Å². The molecular formula is C25H28O6. The lowest BCUT2D eigenvalue weighted by atomic mass is 9.99. The summed E-state index contributed by atoms with van der Waals surface area (Å²) in [5.74, 6) is -0.576. The molecule has 0 aromatic heterocycles. The van der Waals surface area contributed by atoms with Crippen LogP contribution in [0.1, 0.15) is 25.0 Å². The molecule has 0 N–H and O–H groups in total. The summed E-state index contributed by atoms with van der Waals surface area (Å²) in [5, 5.41) is 0. The van der Waals surface area contributed by atoms with Crippen molar-refractivity contribution in [2.24, 2.45) is 11.8 Å². The molecule has 164 valence electrons. The van der Waals surface area contributed by atoms with E-state index < -0.39 is 12.2 Å². The van der Waals surface area contributed by atoms with Crippen molar-refractivity contribution in [1.82, 2.24) is 0 Å². The Morgan fingerprint density at radius 2 is 1.39 bits per heavy atom. The van der Waals surface area contributed by atoms with E-state index in [2.05, 4.69) is 0 Å². The first-order chi connectivity index (χ1) is 15.0. The number of hydrogen-bond acceptors (Lipinski definition) is 6. The molecule has 6 atom stereocenters. The van der Waals surface area contributed by atoms with Gasteiger partial charge in [-0.2, -0.15) is 0 Å². The summed E-state index contributed by atoms with van der Waals surface area (Å²) < 4.78 is 24.0. The predicted octanol–water partition coefficient (Wildman–Crippen LogP) is 3.32. The minimum absolute atomic E-state index is 0.0597. The van der Waals surface area contributed by atoms with Gasteiger partial charge in [0.1, 0.15) is 24.6 Å². The van der Waals surface area contributed by atoms with Gasteiger partial charge in [0.05, 0.1) is 31.3 Å². The van der Waals surface area contributed by atoms with Crippen LogP contribution in [-0.2, 0) is 41.8 Å². The van der Waals surface area contributed by atoms with Crippen LogP contribution >= 0.6 is 0 Å². The molecule has 2 aromatic carbocycles. The van der Waals surface area contributed by atoms with Crippen LogP contribution in [0.4, 0.5) is 0 Å². The fraction of sp³-hybridized carbons (Fsp3) is 0.440. The van der Waals surface area contributed by atoms with Gasteiger partial charge < -0.3 is 18.9 Å². The van der Waals surface area contributed by atoms with Gasteiger partial charge in [-0.1, -0.05) is 60.7 Å². The molecule has 1 saturated carbocycles. The second-order valence-electron chi connectivity index (χ2n) is 8.18. The fourth-order valence-corrected chi connectivity index (χ4v) is 4.36. The Bertz CT molecular complexity index is 883. The second kappa shape index (κ2) is 9.73. The van der Waals surface area contributed by atoms with Crippen LogP contribution in [0.25, 0.3) is 0 Å². The molecule has 1 heterocycles. The highest BCUT2D eigenvalue weighted by Crippen LogP contribution is 2.52. The number of Topliss-reactive ketones (excluding diaryl/α,β-unsaturated/α-hetero) is 1. The van der Waals surface area contributed by atoms with Crippen molar-refractivity contribution in [3.8, 4) is 0 Å². The smallest absolute Gasteiger partial charge is 0.302 e. The van der Waals surface area contributed by atoms with Crippen LogP contribution in [0.2, 0.25) is 0 Å². The molecule has 4 rings (SSSR count). The molecule has 1 aliphatic carbocycles. The third-order valence-corrected chi connectivity index (χ3v) is 5.90. The fourth-order valence-electron chi connectivity index (χ4n) is 4.36. The van der Waals surface area contributed by atoms with Gasteiger partial charge in [0.2, 0.25) is 0 Å². The third kappa shape index (κ3) is 5.21. The van der Waals surface area contributed by atoms with E-state index in [-0.39, 0.29) is 42.4 Å². The normalized spacial score (nSPS) is 29.1. The molecule has 0 amide bonds. The summed E-state index contributed by atoms with van der Waals surface area (Å²) >= 11 is 0. The zero-order valence-corrected chi connectivity index (χ0v) is 17.8. The highest BCUT2D eigenvalue weighted by molar-refractivity contribution is 5.82. The molecule has 1 aliphatic heterocycles. The number of carbonyl (C=O) groups excluding carboxylic acids is 2. The number of hydrogen-bond donors (Lipinski definition) is 0. The molecule has 6 heteroatoms. The molecule has 6 nitrogen and oxygen atoms in total. The SMILES string of the molecule is CC(=O)OC[C@H]1O[C@@H]2[C@@H](C(C)=O)[C@@H]2[C@@H](OCc2ccccc2)[C@@H]1OCc1ccccc1. The molecular weight excluding hydrogens is 396 g/mol. The molecule has 0 spiro atoms. The first-order valence-corrected chi connectivity index (χ1v) is 10.6. The number of rotatable bonds is 9. The minimum Gasteiger partial charge on any atom is -0.463 e. The summed E-state index contributed by atoms with van der Waals surface area (Å²) in [6, 6.07) is 19.7. The van der Waals surface area contributed by atoms with Crippen molar-refractivity contribution >= 4 is 11.8 Å². The summed E-state index contributed by atoms with van der Waals surface area (Å²) in [4.78, 5) is 23.6. The number of ether oxygens (including phenoxy) is 4. The van der Waals surface area contributed by atoms with Gasteiger partial charge in [0, 0.05) is 12.8 Å². The van der Waals surface area contributed by atoms with Gasteiger partial charge in [-0.25, -0.2) is 0 Å². The summed E-state index contributed by atoms with van der Waals surface area (Å²) in [7, 11) is 0. The molecule has 0 unspecified atom stereocenters. The predicted molar refractivity (Wildman–Crippen MR) is 113 cm³/mol. The van der Waals surface area contributed by atoms with E-state index in [1.807, 2.05) is 60.7 Å². The second-order valence-corrected chi connectivity index (χ2v) is 8.18. The van der Waals surface area contributed by atoms with Gasteiger partial charge >= 0.3 is 5.97 Å². The lowest BCUT2D eigenvalue weighted by Crippen LogP contribution is -2.50. The maximum absolute atomic E-state index is 12.2. The monoisotopic (exact) mass is 424 g/mol. The number of benzene rings is 2. The average Bonchev–Trinajstić information content (AvgIpc) is 3.50. The topological polar surface area (TPSA) is 71.1 Å². The molecule has 2 aromatic rings. The molecule has 31 heavy (non-hydrogen) atoms. The number of esters is 1. The Hall–Kier alpha value is -2.54. The van der Waals surface area contributed by atoms with Crippen LogP contribution in [-0.4, -0.2) is 42.8 Å². The largest absolute Gasteiger partial charge is 0.463 e. The van der Waals surface area contributed by atoms with Gasteiger partial charge in [-0.15, -0.1) is 0 Å². The Kier molecular flexibility index (Phi) is 6.80. The summed E-state index contributed by atoms with van der Waals surface area (Å²) in [5.41, 5.74) is 2.07.